The van der Waals surface area contributed by atoms with Crippen LogP contribution in [-0.2, 0) is 0 Å². The zero-order valence-electron chi connectivity index (χ0n) is 3.58. The molecule has 0 nitrogen and oxygen atoms in total. The molecule has 26 valence electrons. The lowest BCUT2D eigenvalue weighted by Crippen LogP contribution is -1.66. The van der Waals surface area contributed by atoms with E-state index in [1.165, 1.54) is 0 Å². The smallest absolute Gasteiger partial charge is 0.0500 e. The molecule has 0 heteroatoms. The van der Waals surface area contributed by atoms with E-state index < -0.39 is 0 Å². The maximum atomic E-state index is 2.17. The van der Waals surface area contributed by atoms with Crippen molar-refractivity contribution in [2.24, 2.45) is 5.92 Å². The van der Waals surface area contributed by atoms with Crippen LogP contribution < -0.4 is 0 Å². The van der Waals surface area contributed by atoms with E-state index in [4.69, 9.17) is 0 Å². The quantitative estimate of drug-likeness (QED) is 0.372. The SMILES string of the molecule is C[13CH](C)C. The maximum absolute atomic E-state index is 2.17. The van der Waals surface area contributed by atoms with Crippen molar-refractivity contribution in [2.75, 3.05) is 0 Å². The van der Waals surface area contributed by atoms with Crippen molar-refractivity contribution in [1.29, 1.82) is 0 Å². The molecule has 0 aromatic rings. The number of rotatable bonds is 0. The van der Waals surface area contributed by atoms with Gasteiger partial charge in [-0.05, 0) is 5.92 Å². The Morgan fingerprint density at radius 2 is 1.00 bits per heavy atom. The first-order valence-electron chi connectivity index (χ1n) is 1.73. The van der Waals surface area contributed by atoms with Gasteiger partial charge in [-0.25, -0.2) is 0 Å². The zero-order chi connectivity index (χ0) is 3.58. The number of hydrogen-bond acceptors (Lipinski definition) is 0. The minimum Gasteiger partial charge on any atom is -0.0630 e. The van der Waals surface area contributed by atoms with Gasteiger partial charge >= 0.3 is 0 Å². The van der Waals surface area contributed by atoms with Gasteiger partial charge in [0.1, 0.15) is 0 Å². The standard InChI is InChI=1S/C4H10/c1-4(2)3/h4H,1-3H3/i4+1. The van der Waals surface area contributed by atoms with E-state index in [1.807, 2.05) is 0 Å². The minimum absolute atomic E-state index is 0.833. The van der Waals surface area contributed by atoms with Gasteiger partial charge in [0, 0.05) is 0 Å². The van der Waals surface area contributed by atoms with Gasteiger partial charge in [0.15, 0.2) is 0 Å². The molecule has 0 aliphatic heterocycles. The highest BCUT2D eigenvalue weighted by molar-refractivity contribution is 4.20. The van der Waals surface area contributed by atoms with Gasteiger partial charge < -0.3 is 0 Å². The molecule has 0 unspecified atom stereocenters. The van der Waals surface area contributed by atoms with E-state index in [-0.39, 0.29) is 0 Å². The number of hydrogen-bond donors (Lipinski definition) is 0. The van der Waals surface area contributed by atoms with Crippen molar-refractivity contribution >= 4 is 0 Å². The molecule has 0 aromatic carbocycles. The van der Waals surface area contributed by atoms with Gasteiger partial charge in [0.05, 0.1) is 0 Å². The second-order valence-electron chi connectivity index (χ2n) is 1.73. The fourth-order valence-corrected chi connectivity index (χ4v) is 0. The summed E-state index contributed by atoms with van der Waals surface area (Å²) in [5.41, 5.74) is 0. The van der Waals surface area contributed by atoms with E-state index >= 15 is 0 Å². The lowest BCUT2D eigenvalue weighted by Gasteiger charge is -1.79. The van der Waals surface area contributed by atoms with Gasteiger partial charge in [-0.3, -0.25) is 0 Å². The van der Waals surface area contributed by atoms with E-state index in [0.717, 1.165) is 5.92 Å². The zero-order valence-corrected chi connectivity index (χ0v) is 3.58. The van der Waals surface area contributed by atoms with E-state index in [2.05, 4.69) is 20.8 Å². The van der Waals surface area contributed by atoms with E-state index in [1.54, 1.807) is 0 Å². The van der Waals surface area contributed by atoms with Crippen LogP contribution in [0.5, 0.6) is 0 Å². The van der Waals surface area contributed by atoms with Crippen molar-refractivity contribution in [3.8, 4) is 0 Å². The second-order valence-corrected chi connectivity index (χ2v) is 1.73. The average molecular weight is 59.1 g/mol. The Kier molecular flexibility index (Phi) is 1.33. The molecule has 0 atom stereocenters. The van der Waals surface area contributed by atoms with E-state index in [0.29, 0.717) is 0 Å². The molecule has 4 heavy (non-hydrogen) atoms. The Morgan fingerprint density at radius 1 is 1.00 bits per heavy atom. The average Bonchev–Trinajstić information content (AvgIpc) is 0.811. The first-order valence-corrected chi connectivity index (χ1v) is 1.73. The highest BCUT2D eigenvalue weighted by atomic mass is 14.3. The van der Waals surface area contributed by atoms with Gasteiger partial charge in [-0.1, -0.05) is 20.8 Å². The molecule has 0 amide bonds. The normalized spacial score (nSPS) is 9.00. The second kappa shape index (κ2) is 1.33. The van der Waals surface area contributed by atoms with Crippen molar-refractivity contribution in [2.45, 2.75) is 20.8 Å². The van der Waals surface area contributed by atoms with Crippen LogP contribution in [0.25, 0.3) is 0 Å². The fourth-order valence-electron chi connectivity index (χ4n) is 0. The van der Waals surface area contributed by atoms with Crippen LogP contribution in [0.15, 0.2) is 0 Å². The highest BCUT2D eigenvalue weighted by Crippen LogP contribution is 1.81. The third kappa shape index (κ3) is 0. The highest BCUT2D eigenvalue weighted by Gasteiger charge is 1.68. The van der Waals surface area contributed by atoms with Gasteiger partial charge in [0.25, 0.3) is 0 Å². The molecule has 0 N–H and O–H groups in total. The van der Waals surface area contributed by atoms with Crippen LogP contribution in [0, 0.1) is 5.92 Å². The van der Waals surface area contributed by atoms with Gasteiger partial charge in [-0.2, -0.15) is 0 Å². The van der Waals surface area contributed by atoms with Crippen molar-refractivity contribution in [3.63, 3.8) is 0 Å². The molecule has 0 bridgehead atoms. The molecule has 0 heterocycles. The van der Waals surface area contributed by atoms with Crippen LogP contribution in [0.2, 0.25) is 0 Å². The predicted octanol–water partition coefficient (Wildman–Crippen LogP) is 1.66. The molecular formula is C4H10. The molecule has 0 saturated carbocycles. The Balaban J connectivity index is 2.32. The third-order valence-electron chi connectivity index (χ3n) is 0. The summed E-state index contributed by atoms with van der Waals surface area (Å²) in [5.74, 6) is 0.833. The molecule has 0 saturated heterocycles. The third-order valence-corrected chi connectivity index (χ3v) is 0. The van der Waals surface area contributed by atoms with Crippen molar-refractivity contribution in [3.05, 3.63) is 0 Å². The van der Waals surface area contributed by atoms with Crippen LogP contribution in [0.3, 0.4) is 0 Å². The Bertz CT molecular complexity index is 4.75. The molecule has 0 aliphatic carbocycles. The Labute approximate surface area is 27.8 Å². The summed E-state index contributed by atoms with van der Waals surface area (Å²) in [5, 5.41) is 0. The Morgan fingerprint density at radius 3 is 1.00 bits per heavy atom. The summed E-state index contributed by atoms with van der Waals surface area (Å²) >= 11 is 0. The summed E-state index contributed by atoms with van der Waals surface area (Å²) in [7, 11) is 0. The van der Waals surface area contributed by atoms with Gasteiger partial charge in [0.2, 0.25) is 0 Å². The van der Waals surface area contributed by atoms with Crippen LogP contribution in [0.4, 0.5) is 0 Å². The fraction of sp³-hybridized carbons (Fsp3) is 1.00. The largest absolute Gasteiger partial charge is 0.0630 e. The van der Waals surface area contributed by atoms with Crippen LogP contribution in [-0.4, -0.2) is 0 Å². The maximum Gasteiger partial charge on any atom is -0.0500 e. The lowest BCUT2D eigenvalue weighted by atomic mass is 10.7. The van der Waals surface area contributed by atoms with Crippen molar-refractivity contribution in [1.82, 2.24) is 0 Å². The van der Waals surface area contributed by atoms with Crippen LogP contribution in [0.1, 0.15) is 20.8 Å². The molecular weight excluding hydrogens is 49.0 g/mol. The Hall–Kier alpha value is 0. The summed E-state index contributed by atoms with van der Waals surface area (Å²) in [6.45, 7) is 6.50. The molecule has 0 aromatic heterocycles. The molecule has 0 fully saturated rings. The first kappa shape index (κ1) is 4.00. The summed E-state index contributed by atoms with van der Waals surface area (Å²) < 4.78 is 0. The summed E-state index contributed by atoms with van der Waals surface area (Å²) in [6, 6.07) is 0. The summed E-state index contributed by atoms with van der Waals surface area (Å²) in [4.78, 5) is 0. The predicted molar refractivity (Wildman–Crippen MR) is 20.5 cm³/mol. The van der Waals surface area contributed by atoms with Gasteiger partial charge in [-0.15, -0.1) is 0 Å². The minimum atomic E-state index is 0.833. The molecule has 0 radical (unpaired) electrons. The molecule has 0 rings (SSSR count). The monoisotopic (exact) mass is 59.1 g/mol. The first-order chi connectivity index (χ1) is 1.73. The lowest BCUT2D eigenvalue weighted by molar-refractivity contribution is 0.737. The van der Waals surface area contributed by atoms with E-state index in [9.17, 15) is 0 Å². The molecule has 0 aliphatic rings. The van der Waals surface area contributed by atoms with Crippen molar-refractivity contribution < 1.29 is 0 Å². The topological polar surface area (TPSA) is 0 Å². The molecule has 0 spiro atoms. The summed E-state index contributed by atoms with van der Waals surface area (Å²) in [6.07, 6.45) is 0. The van der Waals surface area contributed by atoms with Crippen LogP contribution >= 0.6 is 0 Å².